The number of rotatable bonds is 1. The molecule has 0 saturated heterocycles. The third-order valence-corrected chi connectivity index (χ3v) is 5.01. The molecule has 0 aromatic heterocycles. The van der Waals surface area contributed by atoms with E-state index in [1.807, 2.05) is 0 Å². The van der Waals surface area contributed by atoms with Gasteiger partial charge in [0.15, 0.2) is 0 Å². The van der Waals surface area contributed by atoms with Gasteiger partial charge in [-0.3, -0.25) is 4.79 Å². The second-order valence-electron chi connectivity index (χ2n) is 5.88. The summed E-state index contributed by atoms with van der Waals surface area (Å²) in [7, 11) is 1.74. The first-order valence-electron chi connectivity index (χ1n) is 6.83. The van der Waals surface area contributed by atoms with Crippen molar-refractivity contribution in [3.8, 4) is 5.75 Å². The minimum absolute atomic E-state index is 0.177. The molecule has 0 radical (unpaired) electrons. The molecule has 0 bridgehead atoms. The fraction of sp³-hybridized carbons (Fsp3) is 0.562. The molecule has 0 amide bonds. The van der Waals surface area contributed by atoms with Crippen molar-refractivity contribution >= 4 is 5.78 Å². The minimum atomic E-state index is 0.177. The number of fused-ring (bicyclic) bond motifs is 3. The molecule has 18 heavy (non-hydrogen) atoms. The maximum Gasteiger partial charge on any atom is 0.133 e. The summed E-state index contributed by atoms with van der Waals surface area (Å²) in [5.74, 6) is 1.99. The zero-order valence-corrected chi connectivity index (χ0v) is 11.2. The first-order valence-corrected chi connectivity index (χ1v) is 6.83. The van der Waals surface area contributed by atoms with Crippen molar-refractivity contribution in [2.45, 2.75) is 44.4 Å². The highest BCUT2D eigenvalue weighted by molar-refractivity contribution is 5.80. The van der Waals surface area contributed by atoms with Crippen molar-refractivity contribution in [3.63, 3.8) is 0 Å². The van der Waals surface area contributed by atoms with Gasteiger partial charge >= 0.3 is 0 Å². The number of methoxy groups -OCH3 is 1. The van der Waals surface area contributed by atoms with Crippen molar-refractivity contribution in [2.75, 3.05) is 7.11 Å². The van der Waals surface area contributed by atoms with Crippen LogP contribution in [0.25, 0.3) is 0 Å². The molecule has 0 heterocycles. The standard InChI is InChI=1S/C16H20O2/c1-16-9-8-12(17)10-11(16)6-7-13-14(16)4-3-5-15(13)18-2/h3-5,11H,6-10H2,1-2H3/t11-,16-/m0/s1. The van der Waals surface area contributed by atoms with Crippen LogP contribution in [0.4, 0.5) is 0 Å². The molecule has 2 atom stereocenters. The van der Waals surface area contributed by atoms with Gasteiger partial charge in [0.25, 0.3) is 0 Å². The summed E-state index contributed by atoms with van der Waals surface area (Å²) in [6, 6.07) is 6.37. The topological polar surface area (TPSA) is 26.3 Å². The molecular weight excluding hydrogens is 224 g/mol. The second kappa shape index (κ2) is 4.11. The highest BCUT2D eigenvalue weighted by Crippen LogP contribution is 2.50. The van der Waals surface area contributed by atoms with E-state index in [4.69, 9.17) is 4.74 Å². The SMILES string of the molecule is COc1cccc2c1CC[C@H]1CC(=O)CC[C@]21C. The summed E-state index contributed by atoms with van der Waals surface area (Å²) in [5.41, 5.74) is 2.97. The number of benzene rings is 1. The van der Waals surface area contributed by atoms with Crippen LogP contribution >= 0.6 is 0 Å². The smallest absolute Gasteiger partial charge is 0.133 e. The monoisotopic (exact) mass is 244 g/mol. The molecule has 2 nitrogen and oxygen atoms in total. The fourth-order valence-electron chi connectivity index (χ4n) is 3.85. The van der Waals surface area contributed by atoms with E-state index in [9.17, 15) is 4.79 Å². The van der Waals surface area contributed by atoms with Gasteiger partial charge in [0.05, 0.1) is 7.11 Å². The van der Waals surface area contributed by atoms with Crippen molar-refractivity contribution in [1.82, 2.24) is 0 Å². The van der Waals surface area contributed by atoms with E-state index in [-0.39, 0.29) is 5.41 Å². The third kappa shape index (κ3) is 1.58. The van der Waals surface area contributed by atoms with Crippen LogP contribution in [-0.2, 0) is 16.6 Å². The largest absolute Gasteiger partial charge is 0.496 e. The summed E-state index contributed by atoms with van der Waals surface area (Å²) in [4.78, 5) is 11.7. The molecular formula is C16H20O2. The van der Waals surface area contributed by atoms with Crippen molar-refractivity contribution in [2.24, 2.45) is 5.92 Å². The molecule has 1 aromatic rings. The molecule has 0 spiro atoms. The zero-order valence-electron chi connectivity index (χ0n) is 11.2. The fourth-order valence-corrected chi connectivity index (χ4v) is 3.85. The van der Waals surface area contributed by atoms with Crippen molar-refractivity contribution < 1.29 is 9.53 Å². The van der Waals surface area contributed by atoms with E-state index in [1.165, 1.54) is 11.1 Å². The lowest BCUT2D eigenvalue weighted by Crippen LogP contribution is -2.41. The summed E-state index contributed by atoms with van der Waals surface area (Å²) < 4.78 is 5.49. The van der Waals surface area contributed by atoms with Gasteiger partial charge in [-0.1, -0.05) is 19.1 Å². The Hall–Kier alpha value is -1.31. The van der Waals surface area contributed by atoms with Crippen LogP contribution in [0.3, 0.4) is 0 Å². The molecule has 0 aliphatic heterocycles. The molecule has 1 aromatic carbocycles. The Labute approximate surface area is 108 Å². The Morgan fingerprint density at radius 2 is 2.17 bits per heavy atom. The van der Waals surface area contributed by atoms with E-state index in [0.29, 0.717) is 11.7 Å². The van der Waals surface area contributed by atoms with Crippen LogP contribution in [0.1, 0.15) is 43.7 Å². The van der Waals surface area contributed by atoms with Gasteiger partial charge in [0.1, 0.15) is 11.5 Å². The summed E-state index contributed by atoms with van der Waals surface area (Å²) in [6.07, 6.45) is 4.68. The highest BCUT2D eigenvalue weighted by atomic mass is 16.5. The molecule has 1 fully saturated rings. The second-order valence-corrected chi connectivity index (χ2v) is 5.88. The van der Waals surface area contributed by atoms with Gasteiger partial charge in [0.2, 0.25) is 0 Å². The van der Waals surface area contributed by atoms with Crippen molar-refractivity contribution in [3.05, 3.63) is 29.3 Å². The Bertz CT molecular complexity index is 492. The number of ketones is 1. The molecule has 1 saturated carbocycles. The van der Waals surface area contributed by atoms with Gasteiger partial charge < -0.3 is 4.74 Å². The average Bonchev–Trinajstić information content (AvgIpc) is 2.39. The first-order chi connectivity index (χ1) is 8.65. The van der Waals surface area contributed by atoms with Crippen LogP contribution in [0, 0.1) is 5.92 Å². The third-order valence-electron chi connectivity index (χ3n) is 5.01. The first kappa shape index (κ1) is 11.8. The molecule has 3 rings (SSSR count). The van der Waals surface area contributed by atoms with E-state index in [1.54, 1.807) is 7.11 Å². The van der Waals surface area contributed by atoms with Crippen LogP contribution in [0.2, 0.25) is 0 Å². The number of carbonyl (C=O) groups excluding carboxylic acids is 1. The highest BCUT2D eigenvalue weighted by Gasteiger charge is 2.44. The molecule has 0 N–H and O–H groups in total. The van der Waals surface area contributed by atoms with Crippen LogP contribution in [-0.4, -0.2) is 12.9 Å². The maximum absolute atomic E-state index is 11.7. The normalized spacial score (nSPS) is 30.6. The van der Waals surface area contributed by atoms with E-state index in [2.05, 4.69) is 25.1 Å². The van der Waals surface area contributed by atoms with Crippen LogP contribution < -0.4 is 4.74 Å². The minimum Gasteiger partial charge on any atom is -0.496 e. The van der Waals surface area contributed by atoms with Gasteiger partial charge in [-0.25, -0.2) is 0 Å². The van der Waals surface area contributed by atoms with Gasteiger partial charge in [-0.2, -0.15) is 0 Å². The van der Waals surface area contributed by atoms with Crippen molar-refractivity contribution in [1.29, 1.82) is 0 Å². The summed E-state index contributed by atoms with van der Waals surface area (Å²) in [6.45, 7) is 2.33. The predicted octanol–water partition coefficient (Wildman–Crippen LogP) is 3.27. The lowest BCUT2D eigenvalue weighted by atomic mass is 9.58. The molecule has 0 unspecified atom stereocenters. The number of ether oxygens (including phenoxy) is 1. The summed E-state index contributed by atoms with van der Waals surface area (Å²) in [5, 5.41) is 0. The Morgan fingerprint density at radius 1 is 1.33 bits per heavy atom. The quantitative estimate of drug-likeness (QED) is 0.758. The van der Waals surface area contributed by atoms with E-state index in [0.717, 1.165) is 37.9 Å². The number of hydrogen-bond acceptors (Lipinski definition) is 2. The number of carbonyl (C=O) groups is 1. The van der Waals surface area contributed by atoms with E-state index >= 15 is 0 Å². The zero-order chi connectivity index (χ0) is 12.8. The molecule has 96 valence electrons. The van der Waals surface area contributed by atoms with Crippen LogP contribution in [0.5, 0.6) is 5.75 Å². The number of hydrogen-bond donors (Lipinski definition) is 0. The molecule has 2 aliphatic rings. The van der Waals surface area contributed by atoms with Gasteiger partial charge in [-0.15, -0.1) is 0 Å². The van der Waals surface area contributed by atoms with E-state index < -0.39 is 0 Å². The number of Topliss-reactive ketones (excluding diaryl/α,β-unsaturated/α-hetero) is 1. The lowest BCUT2D eigenvalue weighted by molar-refractivity contribution is -0.123. The molecule has 2 heteroatoms. The van der Waals surface area contributed by atoms with Gasteiger partial charge in [0, 0.05) is 12.8 Å². The molecule has 2 aliphatic carbocycles. The predicted molar refractivity (Wildman–Crippen MR) is 71.0 cm³/mol. The summed E-state index contributed by atoms with van der Waals surface area (Å²) >= 11 is 0. The Kier molecular flexibility index (Phi) is 2.69. The Balaban J connectivity index is 2.09. The Morgan fingerprint density at radius 3 is 2.94 bits per heavy atom. The average molecular weight is 244 g/mol. The lowest BCUT2D eigenvalue weighted by Gasteiger charge is -2.46. The maximum atomic E-state index is 11.7. The van der Waals surface area contributed by atoms with Gasteiger partial charge in [-0.05, 0) is 47.8 Å². The van der Waals surface area contributed by atoms with Crippen LogP contribution in [0.15, 0.2) is 18.2 Å².